The maximum absolute atomic E-state index is 12.5. The fourth-order valence-electron chi connectivity index (χ4n) is 3.38. The van der Waals surface area contributed by atoms with Crippen LogP contribution in [0, 0.1) is 5.92 Å². The molecule has 0 spiro atoms. The van der Waals surface area contributed by atoms with Gasteiger partial charge < -0.3 is 18.9 Å². The molecule has 2 heterocycles. The molecule has 0 bridgehead atoms. The Morgan fingerprint density at radius 3 is 2.48 bits per heavy atom. The molecule has 1 aliphatic heterocycles. The Kier molecular flexibility index (Phi) is 5.44. The van der Waals surface area contributed by atoms with Gasteiger partial charge >= 0.3 is 12.1 Å². The van der Waals surface area contributed by atoms with Crippen LogP contribution in [-0.2, 0) is 16.5 Å². The van der Waals surface area contributed by atoms with E-state index in [2.05, 4.69) is 0 Å². The minimum atomic E-state index is -0.484. The summed E-state index contributed by atoms with van der Waals surface area (Å²) in [5, 5.41) is 0.907. The number of hydrogen-bond acceptors (Lipinski definition) is 4. The molecule has 2 aromatic rings. The molecule has 27 heavy (non-hydrogen) atoms. The van der Waals surface area contributed by atoms with Crippen LogP contribution in [0.15, 0.2) is 30.5 Å². The minimum absolute atomic E-state index is 0.266. The molecule has 0 radical (unpaired) electrons. The molecule has 1 fully saturated rings. The molecule has 0 saturated carbocycles. The van der Waals surface area contributed by atoms with E-state index in [1.54, 1.807) is 4.90 Å². The number of aromatic nitrogens is 1. The summed E-state index contributed by atoms with van der Waals surface area (Å²) in [7, 11) is 1.92. The first-order valence-corrected chi connectivity index (χ1v) is 9.44. The molecule has 1 amide bonds. The van der Waals surface area contributed by atoms with Gasteiger partial charge in [-0.05, 0) is 45.6 Å². The van der Waals surface area contributed by atoms with Crippen molar-refractivity contribution in [3.63, 3.8) is 0 Å². The highest BCUT2D eigenvalue weighted by Crippen LogP contribution is 2.23. The second kappa shape index (κ2) is 7.62. The number of rotatable bonds is 3. The van der Waals surface area contributed by atoms with Crippen LogP contribution in [0.5, 0.6) is 0 Å². The molecule has 0 aliphatic carbocycles. The molecular weight excluding hydrogens is 344 g/mol. The zero-order chi connectivity index (χ0) is 19.6. The molecule has 1 aromatic heterocycles. The van der Waals surface area contributed by atoms with Crippen molar-refractivity contribution in [2.75, 3.05) is 19.7 Å². The number of hydrogen-bond donors (Lipinski definition) is 0. The molecule has 0 N–H and O–H groups in total. The van der Waals surface area contributed by atoms with E-state index >= 15 is 0 Å². The van der Waals surface area contributed by atoms with Crippen molar-refractivity contribution >= 4 is 23.0 Å². The molecular formula is C21H28N2O4. The van der Waals surface area contributed by atoms with E-state index in [-0.39, 0.29) is 18.0 Å². The van der Waals surface area contributed by atoms with Crippen molar-refractivity contribution in [1.82, 2.24) is 9.47 Å². The molecule has 146 valence electrons. The normalized spacial score (nSPS) is 15.8. The summed E-state index contributed by atoms with van der Waals surface area (Å²) in [5.41, 5.74) is 1.12. The van der Waals surface area contributed by atoms with Crippen LogP contribution in [0.4, 0.5) is 4.79 Å². The predicted octanol–water partition coefficient (Wildman–Crippen LogP) is 3.98. The lowest BCUT2D eigenvalue weighted by Gasteiger charge is -2.33. The van der Waals surface area contributed by atoms with E-state index < -0.39 is 5.60 Å². The van der Waals surface area contributed by atoms with Gasteiger partial charge in [0.25, 0.3) is 0 Å². The molecule has 0 unspecified atom stereocenters. The first-order valence-electron chi connectivity index (χ1n) is 9.44. The van der Waals surface area contributed by atoms with Crippen LogP contribution in [-0.4, -0.2) is 46.8 Å². The quantitative estimate of drug-likeness (QED) is 0.765. The maximum atomic E-state index is 12.5. The van der Waals surface area contributed by atoms with Crippen LogP contribution < -0.4 is 0 Å². The number of aryl methyl sites for hydroxylation is 1. The molecule has 3 rings (SSSR count). The van der Waals surface area contributed by atoms with E-state index in [0.717, 1.165) is 23.7 Å². The number of ether oxygens (including phenoxy) is 2. The predicted molar refractivity (Wildman–Crippen MR) is 104 cm³/mol. The molecule has 6 nitrogen and oxygen atoms in total. The number of likely N-dealkylation sites (tertiary alicyclic amines) is 1. The second-order valence-corrected chi connectivity index (χ2v) is 8.18. The Morgan fingerprint density at radius 1 is 1.15 bits per heavy atom. The third-order valence-corrected chi connectivity index (χ3v) is 4.83. The lowest BCUT2D eigenvalue weighted by atomic mass is 9.98. The Hall–Kier alpha value is -2.50. The highest BCUT2D eigenvalue weighted by Gasteiger charge is 2.27. The lowest BCUT2D eigenvalue weighted by molar-refractivity contribution is 0.0115. The van der Waals surface area contributed by atoms with Crippen molar-refractivity contribution in [1.29, 1.82) is 0 Å². The number of para-hydroxylation sites is 1. The largest absolute Gasteiger partial charge is 0.462 e. The van der Waals surface area contributed by atoms with E-state index in [1.165, 1.54) is 0 Å². The Labute approximate surface area is 160 Å². The number of benzene rings is 1. The van der Waals surface area contributed by atoms with Gasteiger partial charge in [0.15, 0.2) is 0 Å². The summed E-state index contributed by atoms with van der Waals surface area (Å²) in [6.07, 6.45) is 3.16. The van der Waals surface area contributed by atoms with Gasteiger partial charge in [-0.1, -0.05) is 18.2 Å². The number of fused-ring (bicyclic) bond motifs is 1. The molecule has 1 aliphatic rings. The smallest absolute Gasteiger partial charge is 0.410 e. The Morgan fingerprint density at radius 2 is 1.81 bits per heavy atom. The Bertz CT molecular complexity index is 826. The summed E-state index contributed by atoms with van der Waals surface area (Å²) in [6.45, 7) is 7.24. The second-order valence-electron chi connectivity index (χ2n) is 8.18. The van der Waals surface area contributed by atoms with Crippen molar-refractivity contribution in [2.45, 2.75) is 39.2 Å². The average molecular weight is 372 g/mol. The van der Waals surface area contributed by atoms with Gasteiger partial charge in [0, 0.05) is 37.2 Å². The number of esters is 1. The topological polar surface area (TPSA) is 60.8 Å². The fourth-order valence-corrected chi connectivity index (χ4v) is 3.38. The van der Waals surface area contributed by atoms with E-state index in [0.29, 0.717) is 25.3 Å². The third-order valence-electron chi connectivity index (χ3n) is 4.83. The van der Waals surface area contributed by atoms with Crippen LogP contribution in [0.25, 0.3) is 10.9 Å². The zero-order valence-electron chi connectivity index (χ0n) is 16.5. The number of carbonyl (C=O) groups is 2. The van der Waals surface area contributed by atoms with Crippen LogP contribution in [0.1, 0.15) is 44.0 Å². The van der Waals surface area contributed by atoms with Gasteiger partial charge in [-0.15, -0.1) is 0 Å². The van der Waals surface area contributed by atoms with E-state index in [4.69, 9.17) is 9.47 Å². The lowest BCUT2D eigenvalue weighted by Crippen LogP contribution is -2.42. The van der Waals surface area contributed by atoms with Crippen molar-refractivity contribution in [3.8, 4) is 0 Å². The summed E-state index contributed by atoms with van der Waals surface area (Å²) in [4.78, 5) is 26.4. The van der Waals surface area contributed by atoms with Gasteiger partial charge in [0.1, 0.15) is 5.60 Å². The SMILES string of the molecule is Cn1cc(C(=O)OCC2CCN(C(=O)OC(C)(C)C)CC2)c2ccccc21. The first kappa shape index (κ1) is 19.3. The highest BCUT2D eigenvalue weighted by molar-refractivity contribution is 6.04. The van der Waals surface area contributed by atoms with Crippen LogP contribution >= 0.6 is 0 Å². The summed E-state index contributed by atoms with van der Waals surface area (Å²) < 4.78 is 12.9. The zero-order valence-corrected chi connectivity index (χ0v) is 16.5. The Balaban J connectivity index is 1.51. The van der Waals surface area contributed by atoms with Gasteiger partial charge in [0.2, 0.25) is 0 Å². The molecule has 1 aromatic carbocycles. The highest BCUT2D eigenvalue weighted by atomic mass is 16.6. The van der Waals surface area contributed by atoms with Gasteiger partial charge in [-0.2, -0.15) is 0 Å². The molecule has 6 heteroatoms. The van der Waals surface area contributed by atoms with Crippen LogP contribution in [0.2, 0.25) is 0 Å². The van der Waals surface area contributed by atoms with E-state index in [9.17, 15) is 9.59 Å². The fraction of sp³-hybridized carbons (Fsp3) is 0.524. The third kappa shape index (κ3) is 4.62. The van der Waals surface area contributed by atoms with Gasteiger partial charge in [0.05, 0.1) is 12.2 Å². The van der Waals surface area contributed by atoms with Crippen LogP contribution in [0.3, 0.4) is 0 Å². The number of piperidine rings is 1. The van der Waals surface area contributed by atoms with Gasteiger partial charge in [-0.3, -0.25) is 0 Å². The number of carbonyl (C=O) groups excluding carboxylic acids is 2. The molecule has 1 saturated heterocycles. The number of amides is 1. The maximum Gasteiger partial charge on any atom is 0.410 e. The monoisotopic (exact) mass is 372 g/mol. The molecule has 0 atom stereocenters. The summed E-state index contributed by atoms with van der Waals surface area (Å²) >= 11 is 0. The average Bonchev–Trinajstić information content (AvgIpc) is 2.96. The summed E-state index contributed by atoms with van der Waals surface area (Å²) in [6, 6.07) is 7.80. The standard InChI is InChI=1S/C21H28N2O4/c1-21(2,3)27-20(25)23-11-9-15(10-12-23)14-26-19(24)17-13-22(4)18-8-6-5-7-16(17)18/h5-8,13,15H,9-12,14H2,1-4H3. The van der Waals surface area contributed by atoms with Gasteiger partial charge in [-0.25, -0.2) is 9.59 Å². The van der Waals surface area contributed by atoms with E-state index in [1.807, 2.05) is 62.8 Å². The summed E-state index contributed by atoms with van der Waals surface area (Å²) in [5.74, 6) is -0.0241. The minimum Gasteiger partial charge on any atom is -0.462 e. The van der Waals surface area contributed by atoms with Crippen molar-refractivity contribution in [3.05, 3.63) is 36.0 Å². The van der Waals surface area contributed by atoms with Crippen molar-refractivity contribution in [2.24, 2.45) is 13.0 Å². The van der Waals surface area contributed by atoms with Crippen molar-refractivity contribution < 1.29 is 19.1 Å². The first-order chi connectivity index (χ1) is 12.7. The number of nitrogens with zero attached hydrogens (tertiary/aromatic N) is 2.